The number of hydrogen-bond donors (Lipinski definition) is 1. The third-order valence-corrected chi connectivity index (χ3v) is 5.02. The highest BCUT2D eigenvalue weighted by atomic mass is 19.1. The molecule has 1 aliphatic carbocycles. The van der Waals surface area contributed by atoms with Crippen LogP contribution in [-0.2, 0) is 6.61 Å². The maximum absolute atomic E-state index is 14.4. The van der Waals surface area contributed by atoms with Gasteiger partial charge in [0.2, 0.25) is 0 Å². The molecule has 2 nitrogen and oxygen atoms in total. The van der Waals surface area contributed by atoms with Crippen molar-refractivity contribution in [2.45, 2.75) is 38.7 Å². The Hall–Kier alpha value is -1.87. The molecular weight excluding hydrogens is 291 g/mol. The molecule has 122 valence electrons. The highest BCUT2D eigenvalue weighted by Crippen LogP contribution is 2.44. The Kier molecular flexibility index (Phi) is 4.67. The van der Waals surface area contributed by atoms with E-state index in [1.165, 1.54) is 18.9 Å². The van der Waals surface area contributed by atoms with Gasteiger partial charge in [0.1, 0.15) is 11.6 Å². The number of aliphatic hydroxyl groups is 1. The smallest absolute Gasteiger partial charge is 0.131 e. The van der Waals surface area contributed by atoms with Gasteiger partial charge in [0, 0.05) is 5.56 Å². The van der Waals surface area contributed by atoms with Crippen molar-refractivity contribution < 1.29 is 14.2 Å². The second-order valence-corrected chi connectivity index (χ2v) is 6.44. The molecule has 1 N–H and O–H groups in total. The second kappa shape index (κ2) is 6.71. The van der Waals surface area contributed by atoms with Crippen molar-refractivity contribution in [1.29, 1.82) is 0 Å². The highest BCUT2D eigenvalue weighted by molar-refractivity contribution is 5.70. The molecule has 0 aromatic heterocycles. The molecule has 0 amide bonds. The van der Waals surface area contributed by atoms with Crippen molar-refractivity contribution >= 4 is 0 Å². The van der Waals surface area contributed by atoms with Crippen LogP contribution in [-0.4, -0.2) is 12.2 Å². The maximum atomic E-state index is 14.4. The van der Waals surface area contributed by atoms with E-state index < -0.39 is 0 Å². The summed E-state index contributed by atoms with van der Waals surface area (Å²) in [6.07, 6.45) is 3.53. The number of halogens is 1. The van der Waals surface area contributed by atoms with Crippen LogP contribution in [0.3, 0.4) is 0 Å². The topological polar surface area (TPSA) is 29.5 Å². The molecule has 0 unspecified atom stereocenters. The number of aliphatic hydroxyl groups excluding tert-OH is 1. The van der Waals surface area contributed by atoms with Crippen molar-refractivity contribution in [2.24, 2.45) is 5.92 Å². The molecule has 2 aromatic carbocycles. The molecule has 0 aliphatic heterocycles. The van der Waals surface area contributed by atoms with Gasteiger partial charge < -0.3 is 9.84 Å². The van der Waals surface area contributed by atoms with Gasteiger partial charge in [-0.2, -0.15) is 0 Å². The lowest BCUT2D eigenvalue weighted by atomic mass is 9.84. The first-order valence-corrected chi connectivity index (χ1v) is 8.21. The Bertz CT molecular complexity index is 696. The first-order chi connectivity index (χ1) is 11.1. The number of methoxy groups -OCH3 is 1. The number of benzene rings is 2. The van der Waals surface area contributed by atoms with Crippen LogP contribution in [0.5, 0.6) is 5.75 Å². The summed E-state index contributed by atoms with van der Waals surface area (Å²) >= 11 is 0. The largest absolute Gasteiger partial charge is 0.497 e. The predicted molar refractivity (Wildman–Crippen MR) is 90.1 cm³/mol. The molecule has 1 saturated carbocycles. The Morgan fingerprint density at radius 3 is 2.61 bits per heavy atom. The zero-order valence-corrected chi connectivity index (χ0v) is 13.7. The summed E-state index contributed by atoms with van der Waals surface area (Å²) in [7, 11) is 1.59. The third kappa shape index (κ3) is 3.11. The van der Waals surface area contributed by atoms with Gasteiger partial charge in [-0.3, -0.25) is 0 Å². The normalized spacial score (nSPS) is 20.7. The van der Waals surface area contributed by atoms with Gasteiger partial charge in [-0.25, -0.2) is 4.39 Å². The summed E-state index contributed by atoms with van der Waals surface area (Å²) in [5, 5.41) is 9.47. The molecule has 3 heteroatoms. The van der Waals surface area contributed by atoms with E-state index in [4.69, 9.17) is 4.74 Å². The third-order valence-electron chi connectivity index (χ3n) is 5.02. The quantitative estimate of drug-likeness (QED) is 0.870. The molecule has 0 saturated heterocycles. The van der Waals surface area contributed by atoms with Crippen molar-refractivity contribution in [2.75, 3.05) is 7.11 Å². The van der Waals surface area contributed by atoms with Gasteiger partial charge >= 0.3 is 0 Å². The summed E-state index contributed by atoms with van der Waals surface area (Å²) < 4.78 is 19.7. The fraction of sp³-hybridized carbons (Fsp3) is 0.400. The van der Waals surface area contributed by atoms with Crippen LogP contribution in [0.1, 0.15) is 43.2 Å². The van der Waals surface area contributed by atoms with E-state index in [1.807, 2.05) is 18.2 Å². The molecule has 3 rings (SSSR count). The van der Waals surface area contributed by atoms with Crippen LogP contribution >= 0.6 is 0 Å². The van der Waals surface area contributed by atoms with E-state index in [9.17, 15) is 9.50 Å². The average molecular weight is 314 g/mol. The Morgan fingerprint density at radius 2 is 1.96 bits per heavy atom. The minimum atomic E-state index is -0.241. The summed E-state index contributed by atoms with van der Waals surface area (Å²) in [4.78, 5) is 0. The van der Waals surface area contributed by atoms with E-state index >= 15 is 0 Å². The molecule has 0 heterocycles. The van der Waals surface area contributed by atoms with Crippen molar-refractivity contribution in [3.05, 3.63) is 53.3 Å². The van der Waals surface area contributed by atoms with Gasteiger partial charge in [-0.15, -0.1) is 0 Å². The summed E-state index contributed by atoms with van der Waals surface area (Å²) in [6.45, 7) is 2.27. The van der Waals surface area contributed by atoms with E-state index in [-0.39, 0.29) is 12.4 Å². The van der Waals surface area contributed by atoms with Crippen LogP contribution < -0.4 is 4.74 Å². The van der Waals surface area contributed by atoms with E-state index in [1.54, 1.807) is 19.2 Å². The lowest BCUT2D eigenvalue weighted by molar-refractivity contribution is 0.281. The average Bonchev–Trinajstić information content (AvgIpc) is 3.01. The fourth-order valence-corrected chi connectivity index (χ4v) is 3.71. The maximum Gasteiger partial charge on any atom is 0.131 e. The first kappa shape index (κ1) is 16.0. The monoisotopic (exact) mass is 314 g/mol. The fourth-order valence-electron chi connectivity index (χ4n) is 3.71. The summed E-state index contributed by atoms with van der Waals surface area (Å²) in [5.74, 6) is 1.41. The summed E-state index contributed by atoms with van der Waals surface area (Å²) in [6, 6.07) is 10.7. The van der Waals surface area contributed by atoms with Crippen LogP contribution in [0, 0.1) is 11.7 Å². The zero-order chi connectivity index (χ0) is 16.4. The van der Waals surface area contributed by atoms with Crippen LogP contribution in [0.4, 0.5) is 4.39 Å². The predicted octanol–water partition coefficient (Wildman–Crippen LogP) is 4.90. The minimum Gasteiger partial charge on any atom is -0.497 e. The molecule has 0 spiro atoms. The standard InChI is InChI=1S/C20H23FO2/c1-13-4-3-5-16(13)18-10-14(12-22)6-8-17(18)19-11-15(23-2)7-9-20(19)21/h6-11,13,16,22H,3-5,12H2,1-2H3/t13-,16+/m0/s1. The second-order valence-electron chi connectivity index (χ2n) is 6.44. The number of rotatable bonds is 4. The highest BCUT2D eigenvalue weighted by Gasteiger charge is 2.28. The Morgan fingerprint density at radius 1 is 1.13 bits per heavy atom. The van der Waals surface area contributed by atoms with E-state index in [0.717, 1.165) is 23.1 Å². The van der Waals surface area contributed by atoms with Crippen LogP contribution in [0.15, 0.2) is 36.4 Å². The van der Waals surface area contributed by atoms with Crippen molar-refractivity contribution in [1.82, 2.24) is 0 Å². The van der Waals surface area contributed by atoms with Crippen LogP contribution in [0.25, 0.3) is 11.1 Å². The summed E-state index contributed by atoms with van der Waals surface area (Å²) in [5.41, 5.74) is 3.51. The lowest BCUT2D eigenvalue weighted by Crippen LogP contribution is -2.06. The van der Waals surface area contributed by atoms with Crippen LogP contribution in [0.2, 0.25) is 0 Å². The molecule has 2 atom stereocenters. The molecule has 1 aliphatic rings. The first-order valence-electron chi connectivity index (χ1n) is 8.21. The number of hydrogen-bond acceptors (Lipinski definition) is 2. The zero-order valence-electron chi connectivity index (χ0n) is 13.7. The van der Waals surface area contributed by atoms with Crippen molar-refractivity contribution in [3.63, 3.8) is 0 Å². The van der Waals surface area contributed by atoms with E-state index in [2.05, 4.69) is 6.92 Å². The lowest BCUT2D eigenvalue weighted by Gasteiger charge is -2.21. The van der Waals surface area contributed by atoms with Gasteiger partial charge in [-0.05, 0) is 53.1 Å². The van der Waals surface area contributed by atoms with Gasteiger partial charge in [0.05, 0.1) is 13.7 Å². The van der Waals surface area contributed by atoms with E-state index in [0.29, 0.717) is 23.1 Å². The number of ether oxygens (including phenoxy) is 1. The Labute approximate surface area is 136 Å². The van der Waals surface area contributed by atoms with Crippen molar-refractivity contribution in [3.8, 4) is 16.9 Å². The molecule has 0 radical (unpaired) electrons. The van der Waals surface area contributed by atoms with Gasteiger partial charge in [0.15, 0.2) is 0 Å². The molecule has 1 fully saturated rings. The molecular formula is C20H23FO2. The molecule has 2 aromatic rings. The molecule has 23 heavy (non-hydrogen) atoms. The Balaban J connectivity index is 2.15. The van der Waals surface area contributed by atoms with Gasteiger partial charge in [0.25, 0.3) is 0 Å². The minimum absolute atomic E-state index is 0.00890. The van der Waals surface area contributed by atoms with Gasteiger partial charge in [-0.1, -0.05) is 38.0 Å². The SMILES string of the molecule is COc1ccc(F)c(-c2ccc(CO)cc2[C@@H]2CCC[C@@H]2C)c1. The molecule has 0 bridgehead atoms.